The molecular weight excluding hydrogens is 268 g/mol. The third-order valence-electron chi connectivity index (χ3n) is 2.13. The van der Waals surface area contributed by atoms with Gasteiger partial charge in [0.05, 0.1) is 0 Å². The van der Waals surface area contributed by atoms with Gasteiger partial charge in [0.2, 0.25) is 0 Å². The Morgan fingerprint density at radius 2 is 1.95 bits per heavy atom. The van der Waals surface area contributed by atoms with Gasteiger partial charge in [-0.05, 0) is 26.8 Å². The van der Waals surface area contributed by atoms with Gasteiger partial charge in [-0.3, -0.25) is 0 Å². The maximum atomic E-state index is 13.0. The molecule has 0 heterocycles. The van der Waals surface area contributed by atoms with Gasteiger partial charge in [0, 0.05) is 18.2 Å². The molecule has 0 spiro atoms. The molecule has 0 unspecified atom stereocenters. The average Bonchev–Trinajstić information content (AvgIpc) is 2.28. The van der Waals surface area contributed by atoms with Gasteiger partial charge in [-0.1, -0.05) is 12.2 Å². The molecule has 1 rings (SSSR count). The minimum atomic E-state index is -1.12. The Balaban J connectivity index is 2.54. The van der Waals surface area contributed by atoms with E-state index >= 15 is 0 Å². The Kier molecular flexibility index (Phi) is 5.07. The lowest BCUT2D eigenvalue weighted by molar-refractivity contribution is 0.0534. The first-order valence-electron chi connectivity index (χ1n) is 6.00. The molecule has 0 bridgehead atoms. The largest absolute Gasteiger partial charge is 0.507 e. The predicted molar refractivity (Wildman–Crippen MR) is 71.3 cm³/mol. The Morgan fingerprint density at radius 1 is 1.35 bits per heavy atom. The van der Waals surface area contributed by atoms with E-state index in [4.69, 9.17) is 4.74 Å². The van der Waals surface area contributed by atoms with E-state index in [1.807, 2.05) is 0 Å². The van der Waals surface area contributed by atoms with E-state index in [1.165, 1.54) is 12.2 Å². The number of benzene rings is 1. The first-order valence-corrected chi connectivity index (χ1v) is 6.00. The fourth-order valence-electron chi connectivity index (χ4n) is 1.33. The summed E-state index contributed by atoms with van der Waals surface area (Å²) in [5.41, 5.74) is -0.471. The average molecular weight is 285 g/mol. The van der Waals surface area contributed by atoms with E-state index in [1.54, 1.807) is 20.8 Å². The van der Waals surface area contributed by atoms with Crippen molar-refractivity contribution in [3.05, 3.63) is 35.4 Å². The first-order chi connectivity index (χ1) is 9.19. The van der Waals surface area contributed by atoms with E-state index in [-0.39, 0.29) is 17.9 Å². The summed E-state index contributed by atoms with van der Waals surface area (Å²) in [7, 11) is 0. The maximum absolute atomic E-state index is 13.0. The SMILES string of the molecule is CC(C)(C)OC(=O)NCC=Cc1cc(F)c(F)cc1O. The summed E-state index contributed by atoms with van der Waals surface area (Å²) in [6.07, 6.45) is 2.27. The van der Waals surface area contributed by atoms with Crippen molar-refractivity contribution in [1.82, 2.24) is 5.32 Å². The van der Waals surface area contributed by atoms with E-state index < -0.39 is 23.3 Å². The zero-order valence-electron chi connectivity index (χ0n) is 11.5. The highest BCUT2D eigenvalue weighted by Crippen LogP contribution is 2.21. The number of aromatic hydroxyl groups is 1. The number of amides is 1. The molecule has 1 amide bonds. The standard InChI is InChI=1S/C14H17F2NO3/c1-14(2,3)20-13(19)17-6-4-5-9-7-10(15)11(16)8-12(9)18/h4-5,7-8,18H,6H2,1-3H3,(H,17,19). The number of carbonyl (C=O) groups excluding carboxylic acids is 1. The summed E-state index contributed by atoms with van der Waals surface area (Å²) in [6.45, 7) is 5.35. The highest BCUT2D eigenvalue weighted by Gasteiger charge is 2.15. The second-order valence-corrected chi connectivity index (χ2v) is 5.11. The summed E-state index contributed by atoms with van der Waals surface area (Å²) in [6, 6.07) is 1.56. The highest BCUT2D eigenvalue weighted by molar-refractivity contribution is 5.68. The van der Waals surface area contributed by atoms with Crippen LogP contribution < -0.4 is 5.32 Å². The van der Waals surface area contributed by atoms with Gasteiger partial charge in [0.1, 0.15) is 11.4 Å². The van der Waals surface area contributed by atoms with Crippen LogP contribution in [0.5, 0.6) is 5.75 Å². The quantitative estimate of drug-likeness (QED) is 0.896. The molecule has 0 fully saturated rings. The fraction of sp³-hybridized carbons (Fsp3) is 0.357. The lowest BCUT2D eigenvalue weighted by Crippen LogP contribution is -2.32. The van der Waals surface area contributed by atoms with Crippen LogP contribution in [0, 0.1) is 11.6 Å². The zero-order valence-corrected chi connectivity index (χ0v) is 11.5. The van der Waals surface area contributed by atoms with Crippen molar-refractivity contribution in [3.63, 3.8) is 0 Å². The van der Waals surface area contributed by atoms with Crippen LogP contribution in [0.4, 0.5) is 13.6 Å². The van der Waals surface area contributed by atoms with Crippen LogP contribution in [0.2, 0.25) is 0 Å². The van der Waals surface area contributed by atoms with Gasteiger partial charge >= 0.3 is 6.09 Å². The highest BCUT2D eigenvalue weighted by atomic mass is 19.2. The van der Waals surface area contributed by atoms with Gasteiger partial charge in [-0.2, -0.15) is 0 Å². The number of carbonyl (C=O) groups is 1. The third kappa shape index (κ3) is 5.26. The summed E-state index contributed by atoms with van der Waals surface area (Å²) < 4.78 is 30.8. The summed E-state index contributed by atoms with van der Waals surface area (Å²) in [4.78, 5) is 11.3. The molecule has 0 saturated carbocycles. The molecule has 0 saturated heterocycles. The molecule has 4 nitrogen and oxygen atoms in total. The molecule has 2 N–H and O–H groups in total. The van der Waals surface area contributed by atoms with Crippen LogP contribution in [0.3, 0.4) is 0 Å². The van der Waals surface area contributed by atoms with Crippen molar-refractivity contribution < 1.29 is 23.4 Å². The molecule has 0 aromatic heterocycles. The monoisotopic (exact) mass is 285 g/mol. The summed E-state index contributed by atoms with van der Waals surface area (Å²) >= 11 is 0. The normalized spacial score (nSPS) is 11.7. The van der Waals surface area contributed by atoms with E-state index in [0.29, 0.717) is 6.07 Å². The van der Waals surface area contributed by atoms with Gasteiger partial charge in [0.25, 0.3) is 0 Å². The number of hydrogen-bond acceptors (Lipinski definition) is 3. The van der Waals surface area contributed by atoms with Gasteiger partial charge in [-0.15, -0.1) is 0 Å². The van der Waals surface area contributed by atoms with Crippen LogP contribution in [0.15, 0.2) is 18.2 Å². The Hall–Kier alpha value is -2.11. The van der Waals surface area contributed by atoms with E-state index in [2.05, 4.69) is 5.32 Å². The number of phenolic OH excluding ortho intramolecular Hbond substituents is 1. The number of ether oxygens (including phenoxy) is 1. The third-order valence-corrected chi connectivity index (χ3v) is 2.13. The number of halogens is 2. The molecular formula is C14H17F2NO3. The minimum Gasteiger partial charge on any atom is -0.507 e. The summed E-state index contributed by atoms with van der Waals surface area (Å²) in [5, 5.41) is 11.9. The lowest BCUT2D eigenvalue weighted by atomic mass is 10.1. The molecule has 0 radical (unpaired) electrons. The van der Waals surface area contributed by atoms with E-state index in [9.17, 15) is 18.7 Å². The Labute approximate surface area is 116 Å². The van der Waals surface area contributed by atoms with Gasteiger partial charge < -0.3 is 15.2 Å². The topological polar surface area (TPSA) is 58.6 Å². The predicted octanol–water partition coefficient (Wildman–Crippen LogP) is 3.21. The molecule has 0 aliphatic rings. The molecule has 6 heteroatoms. The van der Waals surface area contributed by atoms with E-state index in [0.717, 1.165) is 6.07 Å². The fourth-order valence-corrected chi connectivity index (χ4v) is 1.33. The number of rotatable bonds is 3. The van der Waals surface area contributed by atoms with Crippen molar-refractivity contribution in [3.8, 4) is 5.75 Å². The molecule has 1 aromatic rings. The van der Waals surface area contributed by atoms with Crippen LogP contribution in [0.25, 0.3) is 6.08 Å². The number of nitrogens with one attached hydrogen (secondary N) is 1. The van der Waals surface area contributed by atoms with Gasteiger partial charge in [0.15, 0.2) is 11.6 Å². The maximum Gasteiger partial charge on any atom is 0.407 e. The molecule has 0 atom stereocenters. The van der Waals surface area contributed by atoms with Crippen molar-refractivity contribution >= 4 is 12.2 Å². The van der Waals surface area contributed by atoms with Crippen LogP contribution in [0.1, 0.15) is 26.3 Å². The Morgan fingerprint density at radius 3 is 2.55 bits per heavy atom. The van der Waals surface area contributed by atoms with Crippen molar-refractivity contribution in [1.29, 1.82) is 0 Å². The molecule has 0 aliphatic carbocycles. The minimum absolute atomic E-state index is 0.120. The smallest absolute Gasteiger partial charge is 0.407 e. The van der Waals surface area contributed by atoms with Crippen molar-refractivity contribution in [2.24, 2.45) is 0 Å². The molecule has 110 valence electrons. The second-order valence-electron chi connectivity index (χ2n) is 5.11. The van der Waals surface area contributed by atoms with Gasteiger partial charge in [-0.25, -0.2) is 13.6 Å². The number of alkyl carbamates (subject to hydrolysis) is 1. The van der Waals surface area contributed by atoms with Crippen LogP contribution in [-0.2, 0) is 4.74 Å². The molecule has 1 aromatic carbocycles. The number of hydrogen-bond donors (Lipinski definition) is 2. The summed E-state index contributed by atoms with van der Waals surface area (Å²) in [5.74, 6) is -2.55. The van der Waals surface area contributed by atoms with Crippen molar-refractivity contribution in [2.75, 3.05) is 6.54 Å². The number of phenols is 1. The molecule has 20 heavy (non-hydrogen) atoms. The van der Waals surface area contributed by atoms with Crippen LogP contribution in [-0.4, -0.2) is 23.3 Å². The zero-order chi connectivity index (χ0) is 15.3. The lowest BCUT2D eigenvalue weighted by Gasteiger charge is -2.19. The second kappa shape index (κ2) is 6.36. The van der Waals surface area contributed by atoms with Crippen LogP contribution >= 0.6 is 0 Å². The van der Waals surface area contributed by atoms with Crippen molar-refractivity contribution in [2.45, 2.75) is 26.4 Å². The first kappa shape index (κ1) is 15.9. The Bertz CT molecular complexity index is 522. The molecule has 0 aliphatic heterocycles.